The van der Waals surface area contributed by atoms with E-state index in [4.69, 9.17) is 4.74 Å². The van der Waals surface area contributed by atoms with Gasteiger partial charge in [-0.2, -0.15) is 10.1 Å². The smallest absolute Gasteiger partial charge is 0.249 e. The number of rotatable bonds is 6. The molecule has 3 aromatic rings. The molecule has 3 rings (SSSR count). The van der Waals surface area contributed by atoms with Gasteiger partial charge in [-0.15, -0.1) is 5.10 Å². The summed E-state index contributed by atoms with van der Waals surface area (Å²) in [5.41, 5.74) is 4.09. The van der Waals surface area contributed by atoms with E-state index in [1.807, 2.05) is 63.2 Å². The van der Waals surface area contributed by atoms with Gasteiger partial charge in [0.15, 0.2) is 5.82 Å². The number of para-hydroxylation sites is 3. The van der Waals surface area contributed by atoms with Gasteiger partial charge in [0.1, 0.15) is 5.75 Å². The molecule has 0 aliphatic rings. The van der Waals surface area contributed by atoms with Crippen molar-refractivity contribution < 1.29 is 4.74 Å². The van der Waals surface area contributed by atoms with E-state index >= 15 is 0 Å². The zero-order valence-corrected chi connectivity index (χ0v) is 14.6. The number of hydrogen-bond donors (Lipinski definition) is 2. The molecule has 2 aromatic carbocycles. The van der Waals surface area contributed by atoms with Crippen LogP contribution in [0.25, 0.3) is 0 Å². The van der Waals surface area contributed by atoms with Gasteiger partial charge in [-0.25, -0.2) is 0 Å². The lowest BCUT2D eigenvalue weighted by Crippen LogP contribution is -2.05. The number of nitrogens with one attached hydrogen (secondary N) is 2. The van der Waals surface area contributed by atoms with Crippen LogP contribution < -0.4 is 15.4 Å². The normalized spacial score (nSPS) is 10.4. The summed E-state index contributed by atoms with van der Waals surface area (Å²) in [6.07, 6.45) is 1.58. The minimum absolute atomic E-state index is 0.441. The Morgan fingerprint density at radius 3 is 2.48 bits per heavy atom. The number of aromatic nitrogens is 3. The lowest BCUT2D eigenvalue weighted by atomic mass is 10.1. The lowest BCUT2D eigenvalue weighted by Gasteiger charge is -2.13. The molecule has 2 N–H and O–H groups in total. The fourth-order valence-corrected chi connectivity index (χ4v) is 2.53. The summed E-state index contributed by atoms with van der Waals surface area (Å²) in [7, 11) is 0. The van der Waals surface area contributed by atoms with Crippen LogP contribution >= 0.6 is 0 Å². The Morgan fingerprint density at radius 1 is 0.960 bits per heavy atom. The Kier molecular flexibility index (Phi) is 5.09. The van der Waals surface area contributed by atoms with Gasteiger partial charge in [0.2, 0.25) is 5.95 Å². The van der Waals surface area contributed by atoms with Crippen molar-refractivity contribution in [2.75, 3.05) is 17.2 Å². The molecule has 6 heteroatoms. The summed E-state index contributed by atoms with van der Waals surface area (Å²) in [5.74, 6) is 1.81. The zero-order valence-electron chi connectivity index (χ0n) is 14.6. The first-order valence-corrected chi connectivity index (χ1v) is 8.19. The van der Waals surface area contributed by atoms with Crippen LogP contribution in [0.3, 0.4) is 0 Å². The van der Waals surface area contributed by atoms with E-state index in [2.05, 4.69) is 25.8 Å². The first-order valence-electron chi connectivity index (χ1n) is 8.19. The molecular weight excluding hydrogens is 314 g/mol. The third kappa shape index (κ3) is 4.03. The number of hydrogen-bond acceptors (Lipinski definition) is 6. The maximum atomic E-state index is 5.62. The molecule has 0 spiro atoms. The van der Waals surface area contributed by atoms with Crippen molar-refractivity contribution in [1.82, 2.24) is 15.2 Å². The summed E-state index contributed by atoms with van der Waals surface area (Å²) in [6.45, 7) is 6.64. The lowest BCUT2D eigenvalue weighted by molar-refractivity contribution is 0.342. The molecule has 0 unspecified atom stereocenters. The fraction of sp³-hybridized carbons (Fsp3) is 0.211. The van der Waals surface area contributed by atoms with Gasteiger partial charge < -0.3 is 15.4 Å². The first-order chi connectivity index (χ1) is 12.2. The molecule has 1 heterocycles. The molecule has 0 fully saturated rings. The van der Waals surface area contributed by atoms with Crippen molar-refractivity contribution in [3.8, 4) is 5.75 Å². The van der Waals surface area contributed by atoms with E-state index in [9.17, 15) is 0 Å². The van der Waals surface area contributed by atoms with E-state index in [-0.39, 0.29) is 0 Å². The van der Waals surface area contributed by atoms with Crippen LogP contribution in [-0.4, -0.2) is 21.8 Å². The van der Waals surface area contributed by atoms with Crippen LogP contribution in [0.4, 0.5) is 23.1 Å². The Labute approximate surface area is 147 Å². The molecule has 0 bridgehead atoms. The predicted molar refractivity (Wildman–Crippen MR) is 99.9 cm³/mol. The van der Waals surface area contributed by atoms with Gasteiger partial charge in [0.25, 0.3) is 0 Å². The van der Waals surface area contributed by atoms with Crippen molar-refractivity contribution in [3.63, 3.8) is 0 Å². The van der Waals surface area contributed by atoms with E-state index in [0.29, 0.717) is 18.4 Å². The van der Waals surface area contributed by atoms with Crippen molar-refractivity contribution in [2.45, 2.75) is 20.8 Å². The van der Waals surface area contributed by atoms with Crippen LogP contribution in [0, 0.1) is 13.8 Å². The Bertz CT molecular complexity index is 846. The van der Waals surface area contributed by atoms with Crippen LogP contribution in [-0.2, 0) is 0 Å². The van der Waals surface area contributed by atoms with E-state index in [1.54, 1.807) is 6.20 Å². The molecule has 0 saturated carbocycles. The molecule has 0 radical (unpaired) electrons. The summed E-state index contributed by atoms with van der Waals surface area (Å²) in [5, 5.41) is 14.6. The van der Waals surface area contributed by atoms with Gasteiger partial charge in [-0.1, -0.05) is 30.3 Å². The molecule has 25 heavy (non-hydrogen) atoms. The van der Waals surface area contributed by atoms with E-state index in [0.717, 1.165) is 28.3 Å². The van der Waals surface area contributed by atoms with Crippen molar-refractivity contribution in [1.29, 1.82) is 0 Å². The third-order valence-electron chi connectivity index (χ3n) is 3.73. The Morgan fingerprint density at radius 2 is 1.72 bits per heavy atom. The second-order valence-electron chi connectivity index (χ2n) is 5.61. The average Bonchev–Trinajstić information content (AvgIpc) is 2.61. The molecule has 0 amide bonds. The first kappa shape index (κ1) is 16.7. The minimum atomic E-state index is 0.441. The second-order valence-corrected chi connectivity index (χ2v) is 5.61. The quantitative estimate of drug-likeness (QED) is 0.697. The number of nitrogens with zero attached hydrogens (tertiary/aromatic N) is 3. The molecule has 0 aliphatic carbocycles. The summed E-state index contributed by atoms with van der Waals surface area (Å²) >= 11 is 0. The van der Waals surface area contributed by atoms with Crippen LogP contribution in [0.15, 0.2) is 48.7 Å². The Balaban J connectivity index is 1.83. The van der Waals surface area contributed by atoms with Crippen molar-refractivity contribution >= 4 is 23.1 Å². The standard InChI is InChI=1S/C19H21N5O/c1-4-25-16-11-6-5-10-15(16)21-17-12-20-24-19(22-17)23-18-13(2)8-7-9-14(18)3/h5-12H,4H2,1-3H3,(H2,21,22,23,24). The molecule has 6 nitrogen and oxygen atoms in total. The van der Waals surface area contributed by atoms with E-state index in [1.165, 1.54) is 0 Å². The number of aryl methyl sites for hydroxylation is 2. The van der Waals surface area contributed by atoms with Crippen LogP contribution in [0.5, 0.6) is 5.75 Å². The average molecular weight is 335 g/mol. The molecule has 0 atom stereocenters. The third-order valence-corrected chi connectivity index (χ3v) is 3.73. The van der Waals surface area contributed by atoms with Gasteiger partial charge in [0.05, 0.1) is 18.5 Å². The molecule has 1 aromatic heterocycles. The van der Waals surface area contributed by atoms with Crippen LogP contribution in [0.1, 0.15) is 18.1 Å². The zero-order chi connectivity index (χ0) is 17.6. The molecular formula is C19H21N5O. The summed E-state index contributed by atoms with van der Waals surface area (Å²) < 4.78 is 5.62. The van der Waals surface area contributed by atoms with Gasteiger partial charge in [-0.3, -0.25) is 0 Å². The van der Waals surface area contributed by atoms with Crippen LogP contribution in [0.2, 0.25) is 0 Å². The van der Waals surface area contributed by atoms with E-state index < -0.39 is 0 Å². The van der Waals surface area contributed by atoms with Gasteiger partial charge in [0, 0.05) is 5.69 Å². The fourth-order valence-electron chi connectivity index (χ4n) is 2.53. The summed E-state index contributed by atoms with van der Waals surface area (Å²) in [6, 6.07) is 13.8. The highest BCUT2D eigenvalue weighted by atomic mass is 16.5. The SMILES string of the molecule is CCOc1ccccc1Nc1cnnc(Nc2c(C)cccc2C)n1. The minimum Gasteiger partial charge on any atom is -0.492 e. The van der Waals surface area contributed by atoms with Gasteiger partial charge in [-0.05, 0) is 44.0 Å². The Hall–Kier alpha value is -3.15. The maximum absolute atomic E-state index is 5.62. The number of benzene rings is 2. The van der Waals surface area contributed by atoms with Crippen molar-refractivity contribution in [2.24, 2.45) is 0 Å². The largest absolute Gasteiger partial charge is 0.492 e. The molecule has 128 valence electrons. The summed E-state index contributed by atoms with van der Waals surface area (Å²) in [4.78, 5) is 4.50. The molecule has 0 aliphatic heterocycles. The highest BCUT2D eigenvalue weighted by Gasteiger charge is 2.08. The maximum Gasteiger partial charge on any atom is 0.249 e. The molecule has 0 saturated heterocycles. The predicted octanol–water partition coefficient (Wildman–Crippen LogP) is 4.37. The highest BCUT2D eigenvalue weighted by molar-refractivity contribution is 5.66. The second kappa shape index (κ2) is 7.61. The monoisotopic (exact) mass is 335 g/mol. The highest BCUT2D eigenvalue weighted by Crippen LogP contribution is 2.27. The topological polar surface area (TPSA) is 72.0 Å². The van der Waals surface area contributed by atoms with Gasteiger partial charge >= 0.3 is 0 Å². The van der Waals surface area contributed by atoms with Crippen molar-refractivity contribution in [3.05, 3.63) is 59.8 Å². The number of anilines is 4. The number of ether oxygens (including phenoxy) is 1.